The summed E-state index contributed by atoms with van der Waals surface area (Å²) in [5.41, 5.74) is 2.54. The van der Waals surface area contributed by atoms with E-state index in [1.807, 2.05) is 12.1 Å². The Labute approximate surface area is 114 Å². The van der Waals surface area contributed by atoms with Crippen LogP contribution in [-0.4, -0.2) is 20.1 Å². The van der Waals surface area contributed by atoms with Crippen molar-refractivity contribution in [2.45, 2.75) is 43.4 Å². The number of fused-ring (bicyclic) bond motifs is 1. The van der Waals surface area contributed by atoms with Crippen LogP contribution in [0.1, 0.15) is 36.8 Å². The molecule has 0 bridgehead atoms. The lowest BCUT2D eigenvalue weighted by molar-refractivity contribution is 0.592. The Morgan fingerprint density at radius 3 is 2.50 bits per heavy atom. The fourth-order valence-electron chi connectivity index (χ4n) is 2.41. The summed E-state index contributed by atoms with van der Waals surface area (Å²) in [6.07, 6.45) is 5.88. The second kappa shape index (κ2) is 6.07. The summed E-state index contributed by atoms with van der Waals surface area (Å²) in [6, 6.07) is 5.63. The molecule has 1 aromatic rings. The van der Waals surface area contributed by atoms with Crippen molar-refractivity contribution in [2.24, 2.45) is 0 Å². The quantitative estimate of drug-likeness (QED) is 0.614. The van der Waals surface area contributed by atoms with E-state index in [4.69, 9.17) is 11.6 Å². The summed E-state index contributed by atoms with van der Waals surface area (Å²) in [4.78, 5) is 0.484. The van der Waals surface area contributed by atoms with Gasteiger partial charge in [-0.05, 0) is 61.8 Å². The molecule has 0 fully saturated rings. The van der Waals surface area contributed by atoms with Crippen LogP contribution in [0.25, 0.3) is 0 Å². The summed E-state index contributed by atoms with van der Waals surface area (Å²) in [5.74, 6) is 0.734. The van der Waals surface area contributed by atoms with Crippen LogP contribution in [0.4, 0.5) is 0 Å². The van der Waals surface area contributed by atoms with E-state index in [1.54, 1.807) is 6.07 Å². The van der Waals surface area contributed by atoms with E-state index in [-0.39, 0.29) is 5.75 Å². The van der Waals surface area contributed by atoms with E-state index in [2.05, 4.69) is 0 Å². The molecule has 0 radical (unpaired) electrons. The second-order valence-corrected chi connectivity index (χ2v) is 7.34. The predicted octanol–water partition coefficient (Wildman–Crippen LogP) is 3.36. The average molecular weight is 287 g/mol. The summed E-state index contributed by atoms with van der Waals surface area (Å²) in [5, 5.41) is 0. The van der Waals surface area contributed by atoms with Gasteiger partial charge in [-0.25, -0.2) is 8.42 Å². The summed E-state index contributed by atoms with van der Waals surface area (Å²) in [7, 11) is -3.12. The predicted molar refractivity (Wildman–Crippen MR) is 75.1 cm³/mol. The van der Waals surface area contributed by atoms with Crippen molar-refractivity contribution in [1.82, 2.24) is 0 Å². The van der Waals surface area contributed by atoms with Gasteiger partial charge in [0.2, 0.25) is 0 Å². The minimum Gasteiger partial charge on any atom is -0.224 e. The molecule has 0 saturated carbocycles. The Hall–Kier alpha value is -0.540. The van der Waals surface area contributed by atoms with E-state index in [9.17, 15) is 8.42 Å². The van der Waals surface area contributed by atoms with Crippen LogP contribution in [-0.2, 0) is 22.7 Å². The molecule has 0 aliphatic heterocycles. The maximum atomic E-state index is 12.1. The monoisotopic (exact) mass is 286 g/mol. The van der Waals surface area contributed by atoms with Gasteiger partial charge >= 0.3 is 0 Å². The van der Waals surface area contributed by atoms with Gasteiger partial charge in [0.25, 0.3) is 0 Å². The van der Waals surface area contributed by atoms with Gasteiger partial charge in [0.05, 0.1) is 10.6 Å². The molecule has 0 amide bonds. The number of sulfone groups is 1. The van der Waals surface area contributed by atoms with Gasteiger partial charge in [0.15, 0.2) is 9.84 Å². The second-order valence-electron chi connectivity index (χ2n) is 4.85. The standard InChI is InChI=1S/C14H19ClO2S/c15-9-3-4-10-18(16,17)14-8-7-12-5-1-2-6-13(12)11-14/h7-8,11H,1-6,9-10H2. The Kier molecular flexibility index (Phi) is 4.68. The SMILES string of the molecule is O=S(=O)(CCCCCl)c1ccc2c(c1)CCCC2. The van der Waals surface area contributed by atoms with E-state index >= 15 is 0 Å². The number of hydrogen-bond donors (Lipinski definition) is 0. The molecule has 100 valence electrons. The molecule has 0 heterocycles. The molecule has 1 aliphatic rings. The van der Waals surface area contributed by atoms with Crippen molar-refractivity contribution in [1.29, 1.82) is 0 Å². The average Bonchev–Trinajstić information content (AvgIpc) is 2.38. The van der Waals surface area contributed by atoms with Crippen molar-refractivity contribution in [3.63, 3.8) is 0 Å². The molecule has 2 rings (SSSR count). The van der Waals surface area contributed by atoms with E-state index in [1.165, 1.54) is 24.0 Å². The molecule has 0 aromatic heterocycles. The van der Waals surface area contributed by atoms with Gasteiger partial charge in [0, 0.05) is 5.88 Å². The van der Waals surface area contributed by atoms with Crippen LogP contribution in [0.5, 0.6) is 0 Å². The zero-order valence-corrected chi connectivity index (χ0v) is 12.1. The first-order chi connectivity index (χ1) is 8.63. The topological polar surface area (TPSA) is 34.1 Å². The van der Waals surface area contributed by atoms with Gasteiger partial charge in [-0.1, -0.05) is 6.07 Å². The third-order valence-corrected chi connectivity index (χ3v) is 5.54. The van der Waals surface area contributed by atoms with Gasteiger partial charge in [-0.3, -0.25) is 0 Å². The number of unbranched alkanes of at least 4 members (excludes halogenated alkanes) is 1. The summed E-state index contributed by atoms with van der Waals surface area (Å²) in [6.45, 7) is 0. The van der Waals surface area contributed by atoms with E-state index in [0.717, 1.165) is 19.3 Å². The lowest BCUT2D eigenvalue weighted by Gasteiger charge is -2.16. The van der Waals surface area contributed by atoms with Crippen LogP contribution >= 0.6 is 11.6 Å². The van der Waals surface area contributed by atoms with Crippen molar-refractivity contribution in [3.8, 4) is 0 Å². The minimum absolute atomic E-state index is 0.207. The van der Waals surface area contributed by atoms with Crippen molar-refractivity contribution in [3.05, 3.63) is 29.3 Å². The zero-order chi connectivity index (χ0) is 13.0. The highest BCUT2D eigenvalue weighted by Gasteiger charge is 2.17. The van der Waals surface area contributed by atoms with Gasteiger partial charge < -0.3 is 0 Å². The van der Waals surface area contributed by atoms with E-state index in [0.29, 0.717) is 17.2 Å². The van der Waals surface area contributed by atoms with Crippen LogP contribution in [0.15, 0.2) is 23.1 Å². The highest BCUT2D eigenvalue weighted by molar-refractivity contribution is 7.91. The Balaban J connectivity index is 2.17. The lowest BCUT2D eigenvalue weighted by atomic mass is 9.92. The molecule has 1 aliphatic carbocycles. The van der Waals surface area contributed by atoms with Crippen LogP contribution in [0, 0.1) is 0 Å². The molecule has 0 spiro atoms. The van der Waals surface area contributed by atoms with Crippen molar-refractivity contribution < 1.29 is 8.42 Å². The third kappa shape index (κ3) is 3.27. The van der Waals surface area contributed by atoms with Crippen LogP contribution in [0.3, 0.4) is 0 Å². The number of alkyl halides is 1. The number of rotatable bonds is 5. The first kappa shape index (κ1) is 13.9. The number of hydrogen-bond acceptors (Lipinski definition) is 2. The molecule has 0 saturated heterocycles. The van der Waals surface area contributed by atoms with Crippen LogP contribution < -0.4 is 0 Å². The molecule has 2 nitrogen and oxygen atoms in total. The highest BCUT2D eigenvalue weighted by Crippen LogP contribution is 2.24. The molecular formula is C14H19ClO2S. The largest absolute Gasteiger partial charge is 0.224 e. The molecule has 1 aromatic carbocycles. The third-order valence-electron chi connectivity index (χ3n) is 3.48. The number of halogens is 1. The Bertz CT molecular complexity index is 509. The van der Waals surface area contributed by atoms with Gasteiger partial charge in [-0.15, -0.1) is 11.6 Å². The highest BCUT2D eigenvalue weighted by atomic mass is 35.5. The van der Waals surface area contributed by atoms with Crippen molar-refractivity contribution >= 4 is 21.4 Å². The summed E-state index contributed by atoms with van der Waals surface area (Å²) < 4.78 is 24.3. The van der Waals surface area contributed by atoms with E-state index < -0.39 is 9.84 Å². The lowest BCUT2D eigenvalue weighted by Crippen LogP contribution is -2.10. The fourth-order valence-corrected chi connectivity index (χ4v) is 4.01. The van der Waals surface area contributed by atoms with Gasteiger partial charge in [0.1, 0.15) is 0 Å². The number of aryl methyl sites for hydroxylation is 2. The normalized spacial score (nSPS) is 15.4. The fraction of sp³-hybridized carbons (Fsp3) is 0.571. The molecule has 0 atom stereocenters. The Morgan fingerprint density at radius 2 is 1.78 bits per heavy atom. The Morgan fingerprint density at radius 1 is 1.06 bits per heavy atom. The first-order valence-corrected chi connectivity index (χ1v) is 8.73. The molecule has 18 heavy (non-hydrogen) atoms. The van der Waals surface area contributed by atoms with Crippen LogP contribution in [0.2, 0.25) is 0 Å². The smallest absolute Gasteiger partial charge is 0.178 e. The molecule has 0 unspecified atom stereocenters. The molecular weight excluding hydrogens is 268 g/mol. The first-order valence-electron chi connectivity index (χ1n) is 6.54. The zero-order valence-electron chi connectivity index (χ0n) is 10.5. The number of benzene rings is 1. The minimum atomic E-state index is -3.12. The maximum Gasteiger partial charge on any atom is 0.178 e. The molecule has 0 N–H and O–H groups in total. The van der Waals surface area contributed by atoms with Crippen molar-refractivity contribution in [2.75, 3.05) is 11.6 Å². The summed E-state index contributed by atoms with van der Waals surface area (Å²) >= 11 is 5.58. The molecule has 4 heteroatoms. The van der Waals surface area contributed by atoms with Gasteiger partial charge in [-0.2, -0.15) is 0 Å². The maximum absolute atomic E-state index is 12.1.